The molecule has 24 heavy (non-hydrogen) atoms. The predicted molar refractivity (Wildman–Crippen MR) is 92.1 cm³/mol. The number of carbonyl (C=O) groups excluding carboxylic acids is 2. The van der Waals surface area contributed by atoms with Crippen molar-refractivity contribution in [1.29, 1.82) is 0 Å². The molecule has 1 atom stereocenters. The van der Waals surface area contributed by atoms with Gasteiger partial charge in [-0.15, -0.1) is 0 Å². The van der Waals surface area contributed by atoms with Gasteiger partial charge >= 0.3 is 5.97 Å². The van der Waals surface area contributed by atoms with Gasteiger partial charge < -0.3 is 9.64 Å². The molecule has 0 radical (unpaired) electrons. The Kier molecular flexibility index (Phi) is 4.89. The topological polar surface area (TPSA) is 59.5 Å². The minimum absolute atomic E-state index is 0.168. The van der Waals surface area contributed by atoms with E-state index in [0.717, 1.165) is 29.3 Å². The highest BCUT2D eigenvalue weighted by molar-refractivity contribution is 5.97. The number of hydrogen-bond donors (Lipinski definition) is 0. The van der Waals surface area contributed by atoms with Crippen LogP contribution in [0.2, 0.25) is 0 Å². The van der Waals surface area contributed by atoms with E-state index < -0.39 is 6.04 Å². The molecule has 0 aliphatic carbocycles. The Hall–Kier alpha value is -2.69. The SMILES string of the molecule is COC(=O)C1CCCCN1C(=O)/C=C/c1cccc2cccnc12. The number of likely N-dealkylation sites (tertiary alicyclic amines) is 1. The molecule has 2 aromatic rings. The largest absolute Gasteiger partial charge is 0.467 e. The summed E-state index contributed by atoms with van der Waals surface area (Å²) < 4.78 is 4.82. The van der Waals surface area contributed by atoms with Gasteiger partial charge in [-0.1, -0.05) is 24.3 Å². The lowest BCUT2D eigenvalue weighted by Gasteiger charge is -2.32. The summed E-state index contributed by atoms with van der Waals surface area (Å²) in [4.78, 5) is 30.4. The second-order valence-electron chi connectivity index (χ2n) is 5.82. The molecule has 0 bridgehead atoms. The normalized spacial score (nSPS) is 18.0. The van der Waals surface area contributed by atoms with Crippen LogP contribution < -0.4 is 0 Å². The van der Waals surface area contributed by atoms with Crippen molar-refractivity contribution in [3.05, 3.63) is 48.2 Å². The fourth-order valence-corrected chi connectivity index (χ4v) is 3.10. The van der Waals surface area contributed by atoms with E-state index in [1.165, 1.54) is 13.2 Å². The lowest BCUT2D eigenvalue weighted by atomic mass is 10.0. The number of carbonyl (C=O) groups is 2. The van der Waals surface area contributed by atoms with E-state index in [-0.39, 0.29) is 11.9 Å². The number of methoxy groups -OCH3 is 1. The Bertz CT molecular complexity index is 780. The van der Waals surface area contributed by atoms with E-state index in [4.69, 9.17) is 4.74 Å². The van der Waals surface area contributed by atoms with Crippen molar-refractivity contribution in [3.63, 3.8) is 0 Å². The molecule has 1 aromatic carbocycles. The molecule has 1 fully saturated rings. The second-order valence-corrected chi connectivity index (χ2v) is 5.82. The fourth-order valence-electron chi connectivity index (χ4n) is 3.10. The first-order chi connectivity index (χ1) is 11.7. The number of esters is 1. The highest BCUT2D eigenvalue weighted by Gasteiger charge is 2.31. The number of pyridine rings is 1. The third-order valence-corrected chi connectivity index (χ3v) is 4.33. The van der Waals surface area contributed by atoms with Crippen LogP contribution in [-0.2, 0) is 14.3 Å². The minimum atomic E-state index is -0.480. The number of aromatic nitrogens is 1. The van der Waals surface area contributed by atoms with Crippen molar-refractivity contribution < 1.29 is 14.3 Å². The summed E-state index contributed by atoms with van der Waals surface area (Å²) in [6.07, 6.45) is 7.51. The first-order valence-electron chi connectivity index (χ1n) is 8.11. The Labute approximate surface area is 140 Å². The monoisotopic (exact) mass is 324 g/mol. The van der Waals surface area contributed by atoms with E-state index >= 15 is 0 Å². The Morgan fingerprint density at radius 3 is 2.92 bits per heavy atom. The first kappa shape index (κ1) is 16.2. The van der Waals surface area contributed by atoms with Crippen LogP contribution in [0.15, 0.2) is 42.6 Å². The van der Waals surface area contributed by atoms with Gasteiger partial charge in [-0.2, -0.15) is 0 Å². The molecule has 1 amide bonds. The van der Waals surface area contributed by atoms with Crippen LogP contribution in [0.1, 0.15) is 24.8 Å². The van der Waals surface area contributed by atoms with Crippen molar-refractivity contribution >= 4 is 28.9 Å². The van der Waals surface area contributed by atoms with E-state index in [0.29, 0.717) is 13.0 Å². The molecular weight excluding hydrogens is 304 g/mol. The summed E-state index contributed by atoms with van der Waals surface area (Å²) >= 11 is 0. The molecule has 1 unspecified atom stereocenters. The van der Waals surface area contributed by atoms with Crippen LogP contribution in [-0.4, -0.2) is 41.5 Å². The van der Waals surface area contributed by atoms with Gasteiger partial charge in [0.05, 0.1) is 12.6 Å². The number of rotatable bonds is 3. The van der Waals surface area contributed by atoms with Crippen LogP contribution in [0.25, 0.3) is 17.0 Å². The number of ether oxygens (including phenoxy) is 1. The van der Waals surface area contributed by atoms with Gasteiger partial charge in [-0.25, -0.2) is 4.79 Å². The Morgan fingerprint density at radius 1 is 1.25 bits per heavy atom. The smallest absolute Gasteiger partial charge is 0.328 e. The third-order valence-electron chi connectivity index (χ3n) is 4.33. The van der Waals surface area contributed by atoms with E-state index in [2.05, 4.69) is 4.98 Å². The zero-order valence-corrected chi connectivity index (χ0v) is 13.6. The maximum atomic E-state index is 12.5. The van der Waals surface area contributed by atoms with Crippen molar-refractivity contribution in [1.82, 2.24) is 9.88 Å². The molecule has 124 valence electrons. The lowest BCUT2D eigenvalue weighted by Crippen LogP contribution is -2.47. The maximum absolute atomic E-state index is 12.5. The standard InChI is InChI=1S/C19H20N2O3/c1-24-19(23)16-9-2-3-13-21(16)17(22)11-10-15-7-4-6-14-8-5-12-20-18(14)15/h4-8,10-12,16H,2-3,9,13H2,1H3/b11-10+. The number of para-hydroxylation sites is 1. The number of amides is 1. The number of fused-ring (bicyclic) bond motifs is 1. The van der Waals surface area contributed by atoms with Crippen molar-refractivity contribution in [2.75, 3.05) is 13.7 Å². The Morgan fingerprint density at radius 2 is 2.08 bits per heavy atom. The summed E-state index contributed by atoms with van der Waals surface area (Å²) in [5.41, 5.74) is 1.74. The van der Waals surface area contributed by atoms with Gasteiger partial charge in [-0.3, -0.25) is 9.78 Å². The van der Waals surface area contributed by atoms with E-state index in [1.807, 2.05) is 30.3 Å². The van der Waals surface area contributed by atoms with Crippen LogP contribution in [0.4, 0.5) is 0 Å². The number of hydrogen-bond acceptors (Lipinski definition) is 4. The Balaban J connectivity index is 1.82. The molecule has 5 heteroatoms. The highest BCUT2D eigenvalue weighted by Crippen LogP contribution is 2.20. The summed E-state index contributed by atoms with van der Waals surface area (Å²) in [6, 6.07) is 9.24. The molecule has 1 aliphatic rings. The predicted octanol–water partition coefficient (Wildman–Crippen LogP) is 2.80. The van der Waals surface area contributed by atoms with Crippen LogP contribution in [0, 0.1) is 0 Å². The van der Waals surface area contributed by atoms with E-state index in [9.17, 15) is 9.59 Å². The minimum Gasteiger partial charge on any atom is -0.467 e. The second kappa shape index (κ2) is 7.25. The van der Waals surface area contributed by atoms with Gasteiger partial charge in [0.1, 0.15) is 6.04 Å². The van der Waals surface area contributed by atoms with Gasteiger partial charge in [0, 0.05) is 29.8 Å². The molecule has 0 N–H and O–H groups in total. The molecule has 1 aromatic heterocycles. The molecule has 1 saturated heterocycles. The average molecular weight is 324 g/mol. The summed E-state index contributed by atoms with van der Waals surface area (Å²) in [5.74, 6) is -0.513. The summed E-state index contributed by atoms with van der Waals surface area (Å²) in [6.45, 7) is 0.580. The van der Waals surface area contributed by atoms with Crippen molar-refractivity contribution in [2.45, 2.75) is 25.3 Å². The maximum Gasteiger partial charge on any atom is 0.328 e. The number of nitrogens with zero attached hydrogens (tertiary/aromatic N) is 2. The lowest BCUT2D eigenvalue weighted by molar-refractivity contribution is -0.153. The highest BCUT2D eigenvalue weighted by atomic mass is 16.5. The van der Waals surface area contributed by atoms with Gasteiger partial charge in [0.2, 0.25) is 5.91 Å². The van der Waals surface area contributed by atoms with Crippen LogP contribution in [0.5, 0.6) is 0 Å². The van der Waals surface area contributed by atoms with Gasteiger partial charge in [0.15, 0.2) is 0 Å². The first-order valence-corrected chi connectivity index (χ1v) is 8.11. The average Bonchev–Trinajstić information content (AvgIpc) is 2.65. The molecule has 3 rings (SSSR count). The van der Waals surface area contributed by atoms with Crippen LogP contribution in [0.3, 0.4) is 0 Å². The summed E-state index contributed by atoms with van der Waals surface area (Å²) in [7, 11) is 1.36. The summed E-state index contributed by atoms with van der Waals surface area (Å²) in [5, 5.41) is 1.03. The zero-order valence-electron chi connectivity index (χ0n) is 13.6. The van der Waals surface area contributed by atoms with Crippen molar-refractivity contribution in [2.24, 2.45) is 0 Å². The quantitative estimate of drug-likeness (QED) is 0.643. The molecule has 0 spiro atoms. The molecular formula is C19H20N2O3. The molecule has 5 nitrogen and oxygen atoms in total. The van der Waals surface area contributed by atoms with E-state index in [1.54, 1.807) is 17.2 Å². The zero-order chi connectivity index (χ0) is 16.9. The fraction of sp³-hybridized carbons (Fsp3) is 0.316. The molecule has 2 heterocycles. The third kappa shape index (κ3) is 3.30. The van der Waals surface area contributed by atoms with Gasteiger partial charge in [0.25, 0.3) is 0 Å². The number of piperidine rings is 1. The number of benzene rings is 1. The van der Waals surface area contributed by atoms with Crippen LogP contribution >= 0.6 is 0 Å². The molecule has 0 saturated carbocycles. The van der Waals surface area contributed by atoms with Crippen molar-refractivity contribution in [3.8, 4) is 0 Å². The molecule has 1 aliphatic heterocycles. The van der Waals surface area contributed by atoms with Gasteiger partial charge in [-0.05, 0) is 31.4 Å².